The van der Waals surface area contributed by atoms with Crippen LogP contribution in [0.25, 0.3) is 0 Å². The van der Waals surface area contributed by atoms with Crippen molar-refractivity contribution in [3.05, 3.63) is 26.8 Å². The minimum absolute atomic E-state index is 0.312. The Kier molecular flexibility index (Phi) is 4.92. The summed E-state index contributed by atoms with van der Waals surface area (Å²) in [4.78, 5) is 11.8. The zero-order valence-electron chi connectivity index (χ0n) is 12.3. The van der Waals surface area contributed by atoms with E-state index < -0.39 is 11.7 Å². The summed E-state index contributed by atoms with van der Waals surface area (Å²) in [6.45, 7) is 5.95. The third-order valence-corrected chi connectivity index (χ3v) is 4.14. The van der Waals surface area contributed by atoms with Gasteiger partial charge in [0.05, 0.1) is 9.11 Å². The maximum Gasteiger partial charge on any atom is 0.408 e. The van der Waals surface area contributed by atoms with Gasteiger partial charge in [-0.1, -0.05) is 11.6 Å². The Morgan fingerprint density at radius 2 is 2.10 bits per heavy atom. The van der Waals surface area contributed by atoms with Crippen LogP contribution in [0.1, 0.15) is 33.6 Å². The van der Waals surface area contributed by atoms with Gasteiger partial charge in [0.1, 0.15) is 18.0 Å². The number of ether oxygens (including phenoxy) is 2. The van der Waals surface area contributed by atoms with E-state index in [0.29, 0.717) is 11.6 Å². The lowest BCUT2D eigenvalue weighted by molar-refractivity contribution is 0.0477. The number of amides is 1. The molecule has 1 aromatic rings. The third kappa shape index (κ3) is 5.21. The van der Waals surface area contributed by atoms with E-state index in [2.05, 4.69) is 27.9 Å². The summed E-state index contributed by atoms with van der Waals surface area (Å²) in [7, 11) is 0. The molecule has 1 saturated carbocycles. The smallest absolute Gasteiger partial charge is 0.408 e. The minimum Gasteiger partial charge on any atom is -0.490 e. The topological polar surface area (TPSA) is 47.6 Å². The van der Waals surface area contributed by atoms with Crippen molar-refractivity contribution in [2.75, 3.05) is 6.61 Å². The number of halogens is 2. The van der Waals surface area contributed by atoms with Crippen LogP contribution in [0.4, 0.5) is 4.79 Å². The number of benzene rings is 1. The zero-order chi connectivity index (χ0) is 15.7. The Hall–Kier alpha value is -0.690. The molecule has 0 unspecified atom stereocenters. The van der Waals surface area contributed by atoms with Crippen molar-refractivity contribution < 1.29 is 14.3 Å². The molecule has 6 heteroatoms. The molecule has 0 aromatic heterocycles. The van der Waals surface area contributed by atoms with Gasteiger partial charge in [-0.2, -0.15) is 0 Å². The highest BCUT2D eigenvalue weighted by Gasteiger charge is 2.46. The van der Waals surface area contributed by atoms with Gasteiger partial charge in [-0.15, -0.1) is 0 Å². The summed E-state index contributed by atoms with van der Waals surface area (Å²) in [5, 5.41) is 3.54. The maximum atomic E-state index is 11.8. The van der Waals surface area contributed by atoms with E-state index in [1.165, 1.54) is 0 Å². The van der Waals surface area contributed by atoms with Crippen molar-refractivity contribution in [2.45, 2.75) is 44.8 Å². The predicted octanol–water partition coefficient (Wildman–Crippen LogP) is 4.38. The van der Waals surface area contributed by atoms with Crippen LogP contribution in [0.5, 0.6) is 5.75 Å². The highest BCUT2D eigenvalue weighted by Crippen LogP contribution is 2.37. The fraction of sp³-hybridized carbons (Fsp3) is 0.533. The van der Waals surface area contributed by atoms with Crippen LogP contribution in [0, 0.1) is 3.57 Å². The highest BCUT2D eigenvalue weighted by atomic mass is 127. The number of nitrogens with one attached hydrogen (secondary N) is 1. The first-order valence-electron chi connectivity index (χ1n) is 6.78. The summed E-state index contributed by atoms with van der Waals surface area (Å²) in [5.74, 6) is 0.736. The van der Waals surface area contributed by atoms with Gasteiger partial charge in [-0.3, -0.25) is 0 Å². The number of hydrogen-bond acceptors (Lipinski definition) is 3. The largest absolute Gasteiger partial charge is 0.490 e. The van der Waals surface area contributed by atoms with Gasteiger partial charge >= 0.3 is 6.09 Å². The molecule has 1 N–H and O–H groups in total. The first kappa shape index (κ1) is 16.7. The monoisotopic (exact) mass is 423 g/mol. The van der Waals surface area contributed by atoms with Crippen molar-refractivity contribution >= 4 is 40.3 Å². The van der Waals surface area contributed by atoms with E-state index in [-0.39, 0.29) is 5.54 Å². The predicted molar refractivity (Wildman–Crippen MR) is 91.0 cm³/mol. The Labute approximate surface area is 143 Å². The molecule has 1 amide bonds. The first-order valence-corrected chi connectivity index (χ1v) is 8.24. The van der Waals surface area contributed by atoms with Gasteiger partial charge in [-0.05, 0) is 74.4 Å². The number of alkyl carbamates (subject to hydrolysis) is 1. The van der Waals surface area contributed by atoms with Crippen LogP contribution in [0.15, 0.2) is 18.2 Å². The zero-order valence-corrected chi connectivity index (χ0v) is 15.2. The second-order valence-corrected chi connectivity index (χ2v) is 7.87. The molecule has 0 heterocycles. The lowest BCUT2D eigenvalue weighted by atomic mass is 10.2. The molecule has 1 fully saturated rings. The van der Waals surface area contributed by atoms with E-state index in [4.69, 9.17) is 21.1 Å². The molecule has 0 radical (unpaired) electrons. The van der Waals surface area contributed by atoms with E-state index in [9.17, 15) is 4.79 Å². The Balaban J connectivity index is 1.90. The summed E-state index contributed by atoms with van der Waals surface area (Å²) < 4.78 is 12.1. The molecular weight excluding hydrogens is 405 g/mol. The summed E-state index contributed by atoms with van der Waals surface area (Å²) in [6, 6.07) is 5.51. The van der Waals surface area contributed by atoms with E-state index >= 15 is 0 Å². The fourth-order valence-electron chi connectivity index (χ4n) is 1.78. The van der Waals surface area contributed by atoms with Crippen molar-refractivity contribution in [1.82, 2.24) is 5.32 Å². The molecule has 116 valence electrons. The standard InChI is InChI=1S/C15H19ClINO3/c1-14(2,3)21-13(19)18-15(6-7-15)9-20-12-8-10(16)4-5-11(12)17/h4-5,8H,6-7,9H2,1-3H3,(H,18,19). The molecule has 0 bridgehead atoms. The average Bonchev–Trinajstić information content (AvgIpc) is 3.08. The highest BCUT2D eigenvalue weighted by molar-refractivity contribution is 14.1. The van der Waals surface area contributed by atoms with Crippen molar-refractivity contribution in [3.63, 3.8) is 0 Å². The summed E-state index contributed by atoms with van der Waals surface area (Å²) in [5.41, 5.74) is -0.808. The van der Waals surface area contributed by atoms with Crippen LogP contribution in [-0.2, 0) is 4.74 Å². The molecule has 21 heavy (non-hydrogen) atoms. The third-order valence-electron chi connectivity index (χ3n) is 3.02. The molecule has 0 aliphatic heterocycles. The van der Waals surface area contributed by atoms with Gasteiger partial charge in [0.25, 0.3) is 0 Å². The number of carbonyl (C=O) groups is 1. The van der Waals surface area contributed by atoms with Crippen molar-refractivity contribution in [3.8, 4) is 5.75 Å². The molecule has 1 aromatic carbocycles. The minimum atomic E-state index is -0.497. The Morgan fingerprint density at radius 1 is 1.43 bits per heavy atom. The van der Waals surface area contributed by atoms with Crippen LogP contribution in [0.3, 0.4) is 0 Å². The first-order chi connectivity index (χ1) is 9.69. The summed E-state index contributed by atoms with van der Waals surface area (Å²) >= 11 is 8.16. The van der Waals surface area contributed by atoms with Gasteiger partial charge < -0.3 is 14.8 Å². The van der Waals surface area contributed by atoms with Gasteiger partial charge in [-0.25, -0.2) is 4.79 Å². The van der Waals surface area contributed by atoms with E-state index in [1.807, 2.05) is 32.9 Å². The van der Waals surface area contributed by atoms with Gasteiger partial charge in [0, 0.05) is 5.02 Å². The quantitative estimate of drug-likeness (QED) is 0.731. The molecule has 2 rings (SSSR count). The molecule has 0 saturated heterocycles. The van der Waals surface area contributed by atoms with E-state index in [0.717, 1.165) is 22.2 Å². The van der Waals surface area contributed by atoms with Crippen LogP contribution < -0.4 is 10.1 Å². The van der Waals surface area contributed by atoms with Gasteiger partial charge in [0.2, 0.25) is 0 Å². The van der Waals surface area contributed by atoms with Gasteiger partial charge in [0.15, 0.2) is 0 Å². The lowest BCUT2D eigenvalue weighted by Gasteiger charge is -2.23. The summed E-state index contributed by atoms with van der Waals surface area (Å²) in [6.07, 6.45) is 1.39. The normalized spacial score (nSPS) is 16.2. The SMILES string of the molecule is CC(C)(C)OC(=O)NC1(COc2cc(Cl)ccc2I)CC1. The second-order valence-electron chi connectivity index (χ2n) is 6.27. The fourth-order valence-corrected chi connectivity index (χ4v) is 2.43. The molecule has 0 atom stereocenters. The Morgan fingerprint density at radius 3 is 2.67 bits per heavy atom. The maximum absolute atomic E-state index is 11.8. The molecule has 4 nitrogen and oxygen atoms in total. The molecule has 1 aliphatic rings. The molecule has 0 spiro atoms. The number of hydrogen-bond donors (Lipinski definition) is 1. The van der Waals surface area contributed by atoms with Crippen LogP contribution >= 0.6 is 34.2 Å². The molecule has 1 aliphatic carbocycles. The van der Waals surface area contributed by atoms with E-state index in [1.54, 1.807) is 6.07 Å². The van der Waals surface area contributed by atoms with Crippen molar-refractivity contribution in [2.24, 2.45) is 0 Å². The average molecular weight is 424 g/mol. The van der Waals surface area contributed by atoms with Crippen LogP contribution in [0.2, 0.25) is 5.02 Å². The van der Waals surface area contributed by atoms with Crippen LogP contribution in [-0.4, -0.2) is 23.8 Å². The lowest BCUT2D eigenvalue weighted by Crippen LogP contribution is -2.44. The molecular formula is C15H19ClINO3. The number of rotatable bonds is 4. The Bertz CT molecular complexity index is 538. The van der Waals surface area contributed by atoms with Crippen molar-refractivity contribution in [1.29, 1.82) is 0 Å². The number of carbonyl (C=O) groups excluding carboxylic acids is 1. The second kappa shape index (κ2) is 6.20.